The van der Waals surface area contributed by atoms with Crippen LogP contribution in [-0.2, 0) is 16.6 Å². The first-order valence-electron chi connectivity index (χ1n) is 9.99. The lowest BCUT2D eigenvalue weighted by Gasteiger charge is -2.26. The topological polar surface area (TPSA) is 71.3 Å². The normalized spacial score (nSPS) is 11.4. The molecule has 0 fully saturated rings. The molecule has 6 nitrogen and oxygen atoms in total. The average Bonchev–Trinajstić information content (AvgIpc) is 3.15. The van der Waals surface area contributed by atoms with Crippen LogP contribution in [-0.4, -0.2) is 27.0 Å². The van der Waals surface area contributed by atoms with E-state index in [1.54, 1.807) is 4.52 Å². The minimum atomic E-state index is -0.139. The monoisotopic (exact) mass is 399 g/mol. The van der Waals surface area contributed by atoms with Crippen LogP contribution in [0.3, 0.4) is 0 Å². The second-order valence-corrected chi connectivity index (χ2v) is 7.97. The molecule has 0 spiro atoms. The number of anilines is 2. The molecular weight excluding hydrogens is 374 g/mol. The number of carbonyl (C=O) groups is 1. The van der Waals surface area contributed by atoms with Crippen molar-refractivity contribution in [2.24, 2.45) is 0 Å². The largest absolute Gasteiger partial charge is 0.383 e. The highest BCUT2D eigenvalue weighted by atomic mass is 16.1. The Morgan fingerprint density at radius 1 is 0.967 bits per heavy atom. The highest BCUT2D eigenvalue weighted by molar-refractivity contribution is 5.90. The third kappa shape index (κ3) is 4.66. The van der Waals surface area contributed by atoms with Gasteiger partial charge in [-0.15, -0.1) is 5.10 Å². The molecule has 0 radical (unpaired) electrons. The molecule has 0 aliphatic rings. The van der Waals surface area contributed by atoms with Gasteiger partial charge in [0.25, 0.3) is 0 Å². The van der Waals surface area contributed by atoms with Crippen LogP contribution in [0.4, 0.5) is 11.6 Å². The van der Waals surface area contributed by atoms with Crippen molar-refractivity contribution in [3.05, 3.63) is 90.1 Å². The summed E-state index contributed by atoms with van der Waals surface area (Å²) < 4.78 is 1.68. The van der Waals surface area contributed by atoms with E-state index in [4.69, 9.17) is 0 Å². The van der Waals surface area contributed by atoms with Crippen LogP contribution in [0.25, 0.3) is 5.65 Å². The summed E-state index contributed by atoms with van der Waals surface area (Å²) in [5.41, 5.74) is 3.83. The molecule has 1 amide bonds. The standard InChI is InChI=1S/C24H25N5O/c1-24(2,19-11-7-4-8-12-19)17-25-20-13-14-21-26-23(28-29(21)16-20)27-22(30)15-18-9-5-3-6-10-18/h3-14,16,25H,15,17H2,1-2H3,(H,27,28,30). The first-order chi connectivity index (χ1) is 14.5. The van der Waals surface area contributed by atoms with Crippen LogP contribution in [0.5, 0.6) is 0 Å². The maximum absolute atomic E-state index is 12.3. The molecule has 0 aliphatic heterocycles. The molecule has 30 heavy (non-hydrogen) atoms. The zero-order chi connectivity index (χ0) is 21.0. The third-order valence-electron chi connectivity index (χ3n) is 5.08. The van der Waals surface area contributed by atoms with E-state index >= 15 is 0 Å². The van der Waals surface area contributed by atoms with Gasteiger partial charge >= 0.3 is 0 Å². The van der Waals surface area contributed by atoms with E-state index in [9.17, 15) is 4.79 Å². The number of aromatic nitrogens is 3. The molecule has 0 unspecified atom stereocenters. The Labute approximate surface area is 176 Å². The lowest BCUT2D eigenvalue weighted by molar-refractivity contribution is -0.115. The summed E-state index contributed by atoms with van der Waals surface area (Å²) in [5.74, 6) is 0.165. The van der Waals surface area contributed by atoms with Crippen LogP contribution in [0, 0.1) is 0 Å². The Bertz CT molecular complexity index is 1140. The van der Waals surface area contributed by atoms with E-state index in [1.807, 2.05) is 54.7 Å². The summed E-state index contributed by atoms with van der Waals surface area (Å²) >= 11 is 0. The second kappa shape index (κ2) is 8.37. The molecule has 152 valence electrons. The van der Waals surface area contributed by atoms with Crippen LogP contribution < -0.4 is 10.6 Å². The van der Waals surface area contributed by atoms with Crippen LogP contribution in [0.2, 0.25) is 0 Å². The molecular formula is C24H25N5O. The van der Waals surface area contributed by atoms with Gasteiger partial charge in [0.15, 0.2) is 5.65 Å². The van der Waals surface area contributed by atoms with Gasteiger partial charge in [0.2, 0.25) is 11.9 Å². The average molecular weight is 399 g/mol. The van der Waals surface area contributed by atoms with E-state index in [-0.39, 0.29) is 17.7 Å². The van der Waals surface area contributed by atoms with Crippen molar-refractivity contribution >= 4 is 23.2 Å². The summed E-state index contributed by atoms with van der Waals surface area (Å²) in [4.78, 5) is 16.6. The van der Waals surface area contributed by atoms with E-state index < -0.39 is 0 Å². The first kappa shape index (κ1) is 19.6. The molecule has 2 aromatic carbocycles. The fourth-order valence-corrected chi connectivity index (χ4v) is 3.31. The van der Waals surface area contributed by atoms with E-state index in [0.29, 0.717) is 11.6 Å². The minimum Gasteiger partial charge on any atom is -0.383 e. The van der Waals surface area contributed by atoms with E-state index in [0.717, 1.165) is 17.8 Å². The summed E-state index contributed by atoms with van der Waals surface area (Å²) in [6.45, 7) is 5.20. The van der Waals surface area contributed by atoms with Gasteiger partial charge < -0.3 is 5.32 Å². The smallest absolute Gasteiger partial charge is 0.249 e. The Morgan fingerprint density at radius 2 is 1.67 bits per heavy atom. The van der Waals surface area contributed by atoms with Crippen LogP contribution in [0.1, 0.15) is 25.0 Å². The van der Waals surface area contributed by atoms with Gasteiger partial charge in [-0.3, -0.25) is 10.1 Å². The predicted octanol–water partition coefficient (Wildman–Crippen LogP) is 4.30. The predicted molar refractivity (Wildman–Crippen MR) is 120 cm³/mol. The zero-order valence-electron chi connectivity index (χ0n) is 17.2. The maximum atomic E-state index is 12.3. The fraction of sp³-hybridized carbons (Fsp3) is 0.208. The first-order valence-corrected chi connectivity index (χ1v) is 9.99. The van der Waals surface area contributed by atoms with Gasteiger partial charge in [-0.25, -0.2) is 4.52 Å². The van der Waals surface area contributed by atoms with Gasteiger partial charge in [-0.2, -0.15) is 4.98 Å². The Hall–Kier alpha value is -3.67. The molecule has 0 saturated heterocycles. The molecule has 2 heterocycles. The number of pyridine rings is 1. The van der Waals surface area contributed by atoms with Crippen molar-refractivity contribution in [1.82, 2.24) is 14.6 Å². The summed E-state index contributed by atoms with van der Waals surface area (Å²) in [7, 11) is 0. The molecule has 0 saturated carbocycles. The number of amides is 1. The van der Waals surface area contributed by atoms with Crippen molar-refractivity contribution in [3.63, 3.8) is 0 Å². The lowest BCUT2D eigenvalue weighted by Crippen LogP contribution is -2.27. The Balaban J connectivity index is 1.41. The number of hydrogen-bond donors (Lipinski definition) is 2. The van der Waals surface area contributed by atoms with Crippen molar-refractivity contribution in [2.75, 3.05) is 17.2 Å². The van der Waals surface area contributed by atoms with Gasteiger partial charge in [0.1, 0.15) is 0 Å². The Kier molecular flexibility index (Phi) is 5.48. The van der Waals surface area contributed by atoms with Crippen molar-refractivity contribution < 1.29 is 4.79 Å². The maximum Gasteiger partial charge on any atom is 0.249 e. The lowest BCUT2D eigenvalue weighted by atomic mass is 9.84. The number of hydrogen-bond acceptors (Lipinski definition) is 4. The molecule has 4 rings (SSSR count). The summed E-state index contributed by atoms with van der Waals surface area (Å²) in [5, 5.41) is 10.6. The molecule has 0 aliphatic carbocycles. The highest BCUT2D eigenvalue weighted by Crippen LogP contribution is 2.23. The van der Waals surface area contributed by atoms with Gasteiger partial charge in [-0.05, 0) is 23.3 Å². The summed E-state index contributed by atoms with van der Waals surface area (Å²) in [6.07, 6.45) is 2.17. The molecule has 0 bridgehead atoms. The van der Waals surface area contributed by atoms with E-state index in [1.165, 1.54) is 5.56 Å². The van der Waals surface area contributed by atoms with Gasteiger partial charge in [0, 0.05) is 12.0 Å². The van der Waals surface area contributed by atoms with Gasteiger partial charge in [-0.1, -0.05) is 74.5 Å². The summed E-state index contributed by atoms with van der Waals surface area (Å²) in [6, 6.07) is 23.9. The fourth-order valence-electron chi connectivity index (χ4n) is 3.31. The number of benzene rings is 2. The van der Waals surface area contributed by atoms with Crippen molar-refractivity contribution in [3.8, 4) is 0 Å². The van der Waals surface area contributed by atoms with E-state index in [2.05, 4.69) is 58.8 Å². The Morgan fingerprint density at radius 3 is 2.40 bits per heavy atom. The molecule has 0 atom stereocenters. The van der Waals surface area contributed by atoms with Crippen molar-refractivity contribution in [1.29, 1.82) is 0 Å². The minimum absolute atomic E-state index is 0.0187. The number of nitrogens with zero attached hydrogens (tertiary/aromatic N) is 3. The van der Waals surface area contributed by atoms with Crippen molar-refractivity contribution in [2.45, 2.75) is 25.7 Å². The quantitative estimate of drug-likeness (QED) is 0.486. The van der Waals surface area contributed by atoms with Crippen LogP contribution in [0.15, 0.2) is 79.0 Å². The number of carbonyl (C=O) groups excluding carboxylic acids is 1. The third-order valence-corrected chi connectivity index (χ3v) is 5.08. The van der Waals surface area contributed by atoms with Gasteiger partial charge in [0.05, 0.1) is 18.3 Å². The zero-order valence-corrected chi connectivity index (χ0v) is 17.2. The number of nitrogens with one attached hydrogen (secondary N) is 2. The molecule has 6 heteroatoms. The molecule has 2 N–H and O–H groups in total. The highest BCUT2D eigenvalue weighted by Gasteiger charge is 2.20. The molecule has 4 aromatic rings. The molecule has 2 aromatic heterocycles. The van der Waals surface area contributed by atoms with Crippen LogP contribution >= 0.6 is 0 Å². The number of fused-ring (bicyclic) bond motifs is 1. The number of rotatable bonds is 7. The SMILES string of the molecule is CC(C)(CNc1ccc2nc(NC(=O)Cc3ccccc3)nn2c1)c1ccccc1. The second-order valence-electron chi connectivity index (χ2n) is 7.97.